The van der Waals surface area contributed by atoms with Gasteiger partial charge in [-0.3, -0.25) is 0 Å². The minimum atomic E-state index is -0.497. The van der Waals surface area contributed by atoms with Crippen LogP contribution in [0.2, 0.25) is 0 Å². The lowest BCUT2D eigenvalue weighted by Gasteiger charge is -2.14. The number of thiophene rings is 1. The predicted molar refractivity (Wildman–Crippen MR) is 101 cm³/mol. The molecule has 5 nitrogen and oxygen atoms in total. The van der Waals surface area contributed by atoms with E-state index in [9.17, 15) is 5.11 Å². The van der Waals surface area contributed by atoms with Crippen LogP contribution in [0.3, 0.4) is 0 Å². The van der Waals surface area contributed by atoms with E-state index in [0.29, 0.717) is 19.0 Å². The molecule has 1 aliphatic carbocycles. The summed E-state index contributed by atoms with van der Waals surface area (Å²) in [7, 11) is 0. The Labute approximate surface area is 156 Å². The Balaban J connectivity index is 1.37. The van der Waals surface area contributed by atoms with E-state index in [4.69, 9.17) is 9.47 Å². The summed E-state index contributed by atoms with van der Waals surface area (Å²) in [5, 5.41) is 12.5. The summed E-state index contributed by atoms with van der Waals surface area (Å²) in [6, 6.07) is 0. The molecule has 0 spiro atoms. The van der Waals surface area contributed by atoms with Gasteiger partial charge < -0.3 is 14.6 Å². The molecule has 0 bridgehead atoms. The number of hydrogen-bond acceptors (Lipinski definition) is 7. The maximum atomic E-state index is 10.2. The largest absolute Gasteiger partial charge is 0.390 e. The van der Waals surface area contributed by atoms with Gasteiger partial charge >= 0.3 is 0 Å². The van der Waals surface area contributed by atoms with E-state index in [1.807, 2.05) is 18.3 Å². The highest BCUT2D eigenvalue weighted by Crippen LogP contribution is 2.40. The smallest absolute Gasteiger partial charge is 0.128 e. The summed E-state index contributed by atoms with van der Waals surface area (Å²) in [5.41, 5.74) is 1.44. The molecule has 2 atom stereocenters. The van der Waals surface area contributed by atoms with Gasteiger partial charge in [-0.05, 0) is 44.6 Å². The molecule has 1 saturated heterocycles. The number of thioether (sulfide) groups is 1. The van der Waals surface area contributed by atoms with Crippen molar-refractivity contribution >= 4 is 33.3 Å². The van der Waals surface area contributed by atoms with Crippen LogP contribution in [0, 0.1) is 6.92 Å². The Bertz CT molecular complexity index is 743. The standard InChI is InChI=1S/C18H24N2O3S2/c1-11-19-17(16-14-5-2-6-15(14)25-18(16)20-11)24-10-12(21)8-22-9-13-4-3-7-23-13/h12-13,21H,2-10H2,1H3/t12-,13+/m0/s1. The number of ether oxygens (including phenoxy) is 2. The van der Waals surface area contributed by atoms with E-state index in [1.54, 1.807) is 11.8 Å². The molecule has 2 aromatic rings. The fourth-order valence-electron chi connectivity index (χ4n) is 3.50. The number of fused-ring (bicyclic) bond motifs is 3. The summed E-state index contributed by atoms with van der Waals surface area (Å²) in [6.07, 6.45) is 5.41. The van der Waals surface area contributed by atoms with Gasteiger partial charge in [-0.15, -0.1) is 23.1 Å². The second kappa shape index (κ2) is 7.88. The van der Waals surface area contributed by atoms with Crippen LogP contribution >= 0.6 is 23.1 Å². The lowest BCUT2D eigenvalue weighted by molar-refractivity contribution is -0.0114. The highest BCUT2D eigenvalue weighted by molar-refractivity contribution is 7.99. The van der Waals surface area contributed by atoms with Gasteiger partial charge in [0.1, 0.15) is 15.7 Å². The molecular formula is C18H24N2O3S2. The molecule has 7 heteroatoms. The highest BCUT2D eigenvalue weighted by atomic mass is 32.2. The molecule has 0 radical (unpaired) electrons. The second-order valence-electron chi connectivity index (χ2n) is 6.75. The van der Waals surface area contributed by atoms with E-state index < -0.39 is 6.10 Å². The van der Waals surface area contributed by atoms with Crippen LogP contribution in [0.25, 0.3) is 10.2 Å². The van der Waals surface area contributed by atoms with Gasteiger partial charge in [0.2, 0.25) is 0 Å². The number of hydrogen-bond donors (Lipinski definition) is 1. The molecule has 25 heavy (non-hydrogen) atoms. The molecule has 0 saturated carbocycles. The van der Waals surface area contributed by atoms with Gasteiger partial charge in [-0.25, -0.2) is 9.97 Å². The van der Waals surface area contributed by atoms with Crippen LogP contribution < -0.4 is 0 Å². The van der Waals surface area contributed by atoms with E-state index in [-0.39, 0.29) is 6.10 Å². The highest BCUT2D eigenvalue weighted by Gasteiger charge is 2.22. The van der Waals surface area contributed by atoms with Gasteiger partial charge in [0, 0.05) is 22.6 Å². The molecule has 1 aliphatic heterocycles. The molecule has 2 aliphatic rings. The minimum absolute atomic E-state index is 0.206. The molecule has 136 valence electrons. The zero-order chi connectivity index (χ0) is 17.2. The zero-order valence-corrected chi connectivity index (χ0v) is 16.1. The lowest BCUT2D eigenvalue weighted by atomic mass is 10.2. The van der Waals surface area contributed by atoms with Crippen molar-refractivity contribution in [3.8, 4) is 0 Å². The van der Waals surface area contributed by atoms with Gasteiger partial charge in [0.15, 0.2) is 0 Å². The first kappa shape index (κ1) is 17.7. The number of aliphatic hydroxyl groups excluding tert-OH is 1. The first-order valence-electron chi connectivity index (χ1n) is 9.00. The first-order chi connectivity index (χ1) is 12.2. The van der Waals surface area contributed by atoms with Gasteiger partial charge in [-0.1, -0.05) is 0 Å². The van der Waals surface area contributed by atoms with Crippen LogP contribution in [-0.4, -0.2) is 52.9 Å². The quantitative estimate of drug-likeness (QED) is 0.588. The Morgan fingerprint density at radius 3 is 3.12 bits per heavy atom. The minimum Gasteiger partial charge on any atom is -0.390 e. The van der Waals surface area contributed by atoms with E-state index in [0.717, 1.165) is 41.6 Å². The van der Waals surface area contributed by atoms with E-state index in [2.05, 4.69) is 9.97 Å². The monoisotopic (exact) mass is 380 g/mol. The average molecular weight is 381 g/mol. The van der Waals surface area contributed by atoms with Crippen molar-refractivity contribution in [2.45, 2.75) is 56.3 Å². The number of aryl methyl sites for hydroxylation is 3. The summed E-state index contributed by atoms with van der Waals surface area (Å²) in [4.78, 5) is 11.8. The van der Waals surface area contributed by atoms with E-state index >= 15 is 0 Å². The first-order valence-corrected chi connectivity index (χ1v) is 10.8. The number of rotatable bonds is 7. The Morgan fingerprint density at radius 1 is 1.36 bits per heavy atom. The lowest BCUT2D eigenvalue weighted by Crippen LogP contribution is -2.22. The third kappa shape index (κ3) is 4.01. The molecule has 4 rings (SSSR count). The fourth-order valence-corrected chi connectivity index (χ4v) is 5.88. The van der Waals surface area contributed by atoms with Crippen LogP contribution in [0.1, 0.15) is 35.5 Å². The van der Waals surface area contributed by atoms with Gasteiger partial charge in [0.25, 0.3) is 0 Å². The van der Waals surface area contributed by atoms with Crippen molar-refractivity contribution < 1.29 is 14.6 Å². The van der Waals surface area contributed by atoms with Crippen molar-refractivity contribution in [2.24, 2.45) is 0 Å². The summed E-state index contributed by atoms with van der Waals surface area (Å²) in [5.74, 6) is 1.39. The van der Waals surface area contributed by atoms with Crippen molar-refractivity contribution in [3.05, 3.63) is 16.3 Å². The molecular weight excluding hydrogens is 356 g/mol. The Morgan fingerprint density at radius 2 is 2.28 bits per heavy atom. The van der Waals surface area contributed by atoms with Crippen molar-refractivity contribution in [1.82, 2.24) is 9.97 Å². The van der Waals surface area contributed by atoms with Gasteiger partial charge in [0.05, 0.1) is 25.4 Å². The van der Waals surface area contributed by atoms with Crippen molar-refractivity contribution in [3.63, 3.8) is 0 Å². The summed E-state index contributed by atoms with van der Waals surface area (Å²) in [6.45, 7) is 3.70. The second-order valence-corrected chi connectivity index (χ2v) is 8.84. The normalized spacial score (nSPS) is 21.1. The molecule has 0 aromatic carbocycles. The molecule has 0 unspecified atom stereocenters. The van der Waals surface area contributed by atoms with Crippen molar-refractivity contribution in [2.75, 3.05) is 25.6 Å². The molecule has 2 aromatic heterocycles. The topological polar surface area (TPSA) is 64.5 Å². The average Bonchev–Trinajstić information content (AvgIpc) is 3.29. The Hall–Kier alpha value is -0.730. The van der Waals surface area contributed by atoms with Crippen LogP contribution in [0.4, 0.5) is 0 Å². The zero-order valence-electron chi connectivity index (χ0n) is 14.5. The maximum Gasteiger partial charge on any atom is 0.128 e. The van der Waals surface area contributed by atoms with E-state index in [1.165, 1.54) is 28.7 Å². The molecule has 1 N–H and O–H groups in total. The third-order valence-corrected chi connectivity index (χ3v) is 7.00. The maximum absolute atomic E-state index is 10.2. The fraction of sp³-hybridized carbons (Fsp3) is 0.667. The SMILES string of the molecule is Cc1nc(SC[C@@H](O)COC[C@H]2CCCO2)c2c3c(sc2n1)CCC3. The third-order valence-electron chi connectivity index (χ3n) is 4.69. The number of nitrogens with zero attached hydrogens (tertiary/aromatic N) is 2. The van der Waals surface area contributed by atoms with Crippen LogP contribution in [0.5, 0.6) is 0 Å². The predicted octanol–water partition coefficient (Wildman–Crippen LogP) is 3.14. The number of aliphatic hydroxyl groups is 1. The van der Waals surface area contributed by atoms with Crippen LogP contribution in [0.15, 0.2) is 5.03 Å². The molecule has 0 amide bonds. The van der Waals surface area contributed by atoms with Crippen molar-refractivity contribution in [1.29, 1.82) is 0 Å². The number of aromatic nitrogens is 2. The van der Waals surface area contributed by atoms with Crippen LogP contribution in [-0.2, 0) is 22.3 Å². The summed E-state index contributed by atoms with van der Waals surface area (Å²) >= 11 is 3.43. The molecule has 1 fully saturated rings. The molecule has 3 heterocycles. The Kier molecular flexibility index (Phi) is 5.57. The van der Waals surface area contributed by atoms with Gasteiger partial charge in [-0.2, -0.15) is 0 Å². The summed E-state index contributed by atoms with van der Waals surface area (Å²) < 4.78 is 11.2.